The Kier molecular flexibility index (Phi) is 3.44. The molecule has 1 N–H and O–H groups in total. The normalized spacial score (nSPS) is 31.6. The molecule has 0 amide bonds. The topological polar surface area (TPSA) is 12.0 Å². The smallest absolute Gasteiger partial charge is 0.123 e. The zero-order valence-corrected chi connectivity index (χ0v) is 11.6. The molecule has 5 unspecified atom stereocenters. The molecular formula is C17H22FN. The summed E-state index contributed by atoms with van der Waals surface area (Å²) in [7, 11) is 0. The first-order chi connectivity index (χ1) is 9.13. The third-order valence-electron chi connectivity index (χ3n) is 4.83. The number of benzene rings is 1. The van der Waals surface area contributed by atoms with E-state index in [9.17, 15) is 4.39 Å². The van der Waals surface area contributed by atoms with Crippen LogP contribution in [-0.4, -0.2) is 6.04 Å². The van der Waals surface area contributed by atoms with Gasteiger partial charge >= 0.3 is 0 Å². The van der Waals surface area contributed by atoms with Gasteiger partial charge in [-0.15, -0.1) is 0 Å². The van der Waals surface area contributed by atoms with E-state index in [1.165, 1.54) is 18.9 Å². The molecule has 0 radical (unpaired) electrons. The molecule has 0 spiro atoms. The van der Waals surface area contributed by atoms with Crippen molar-refractivity contribution < 1.29 is 4.39 Å². The van der Waals surface area contributed by atoms with E-state index in [2.05, 4.69) is 31.3 Å². The molecule has 0 saturated heterocycles. The second-order valence-electron chi connectivity index (χ2n) is 6.18. The Morgan fingerprint density at radius 2 is 2.05 bits per heavy atom. The van der Waals surface area contributed by atoms with Crippen molar-refractivity contribution in [1.82, 2.24) is 5.32 Å². The maximum absolute atomic E-state index is 13.3. The van der Waals surface area contributed by atoms with Gasteiger partial charge in [0.2, 0.25) is 0 Å². The van der Waals surface area contributed by atoms with E-state index in [0.29, 0.717) is 6.04 Å². The second-order valence-corrected chi connectivity index (χ2v) is 6.18. The molecule has 0 heterocycles. The molecule has 19 heavy (non-hydrogen) atoms. The van der Waals surface area contributed by atoms with Crippen molar-refractivity contribution in [1.29, 1.82) is 0 Å². The highest BCUT2D eigenvalue weighted by Crippen LogP contribution is 2.45. The Bertz CT molecular complexity index is 482. The summed E-state index contributed by atoms with van der Waals surface area (Å²) in [5, 5.41) is 3.65. The fourth-order valence-electron chi connectivity index (χ4n) is 3.79. The van der Waals surface area contributed by atoms with E-state index in [4.69, 9.17) is 0 Å². The fourth-order valence-corrected chi connectivity index (χ4v) is 3.79. The lowest BCUT2D eigenvalue weighted by molar-refractivity contribution is 0.307. The van der Waals surface area contributed by atoms with Gasteiger partial charge in [-0.05, 0) is 62.1 Å². The zero-order valence-electron chi connectivity index (χ0n) is 11.6. The van der Waals surface area contributed by atoms with Crippen LogP contribution >= 0.6 is 0 Å². The summed E-state index contributed by atoms with van der Waals surface area (Å²) in [6, 6.07) is 7.60. The summed E-state index contributed by atoms with van der Waals surface area (Å²) in [6.07, 6.45) is 7.42. The molecule has 1 aromatic carbocycles. The molecule has 1 nitrogen and oxygen atoms in total. The van der Waals surface area contributed by atoms with Gasteiger partial charge in [-0.1, -0.05) is 24.3 Å². The monoisotopic (exact) mass is 259 g/mol. The van der Waals surface area contributed by atoms with Gasteiger partial charge < -0.3 is 5.32 Å². The van der Waals surface area contributed by atoms with Crippen molar-refractivity contribution in [2.24, 2.45) is 17.8 Å². The average Bonchev–Trinajstić information content (AvgIpc) is 3.00. The third kappa shape index (κ3) is 2.59. The summed E-state index contributed by atoms with van der Waals surface area (Å²) in [5.41, 5.74) is 1.03. The van der Waals surface area contributed by atoms with Gasteiger partial charge in [0.25, 0.3) is 0 Å². The Balaban J connectivity index is 1.63. The molecule has 2 aliphatic rings. The first kappa shape index (κ1) is 12.9. The first-order valence-electron chi connectivity index (χ1n) is 7.33. The highest BCUT2D eigenvalue weighted by atomic mass is 19.1. The molecule has 5 atom stereocenters. The number of halogens is 1. The minimum absolute atomic E-state index is 0.151. The van der Waals surface area contributed by atoms with Crippen LogP contribution in [0.1, 0.15) is 38.3 Å². The van der Waals surface area contributed by atoms with E-state index in [-0.39, 0.29) is 11.9 Å². The Morgan fingerprint density at radius 3 is 2.68 bits per heavy atom. The second kappa shape index (κ2) is 5.09. The van der Waals surface area contributed by atoms with Gasteiger partial charge in [0, 0.05) is 12.1 Å². The number of nitrogens with one attached hydrogen (secondary N) is 1. The predicted molar refractivity (Wildman–Crippen MR) is 76.3 cm³/mol. The highest BCUT2D eigenvalue weighted by Gasteiger charge is 2.38. The van der Waals surface area contributed by atoms with Gasteiger partial charge in [0.15, 0.2) is 0 Å². The summed E-state index contributed by atoms with van der Waals surface area (Å²) < 4.78 is 13.3. The molecule has 1 saturated carbocycles. The van der Waals surface area contributed by atoms with Crippen molar-refractivity contribution in [3.05, 3.63) is 47.8 Å². The quantitative estimate of drug-likeness (QED) is 0.803. The van der Waals surface area contributed by atoms with E-state index >= 15 is 0 Å². The number of rotatable bonds is 4. The van der Waals surface area contributed by atoms with Crippen LogP contribution in [0, 0.1) is 23.6 Å². The average molecular weight is 259 g/mol. The lowest BCUT2D eigenvalue weighted by Gasteiger charge is -2.29. The van der Waals surface area contributed by atoms with Crippen molar-refractivity contribution in [2.45, 2.75) is 38.8 Å². The molecule has 1 aromatic rings. The van der Waals surface area contributed by atoms with Crippen LogP contribution in [0.25, 0.3) is 0 Å². The standard InChI is InChI=1S/C17H22FN/c1-11(14-4-3-5-16(18)10-14)19-12(2)17-9-13-6-7-15(17)8-13/h3-7,10-13,15,17,19H,8-9H2,1-2H3. The van der Waals surface area contributed by atoms with Gasteiger partial charge in [-0.2, -0.15) is 0 Å². The van der Waals surface area contributed by atoms with Gasteiger partial charge in [0.05, 0.1) is 0 Å². The molecule has 0 aliphatic heterocycles. The SMILES string of the molecule is CC(NC(C)C1CC2C=CC1C2)c1cccc(F)c1. The Labute approximate surface area is 114 Å². The van der Waals surface area contributed by atoms with Gasteiger partial charge in [-0.3, -0.25) is 0 Å². The molecule has 1 fully saturated rings. The summed E-state index contributed by atoms with van der Waals surface area (Å²) in [5.74, 6) is 2.16. The lowest BCUT2D eigenvalue weighted by atomic mass is 9.87. The Hall–Kier alpha value is -1.15. The van der Waals surface area contributed by atoms with E-state index in [1.54, 1.807) is 12.1 Å². The van der Waals surface area contributed by atoms with Crippen molar-refractivity contribution in [3.63, 3.8) is 0 Å². The number of hydrogen-bond donors (Lipinski definition) is 1. The number of allylic oxidation sites excluding steroid dienone is 2. The zero-order chi connectivity index (χ0) is 13.4. The molecule has 2 heteroatoms. The number of fused-ring (bicyclic) bond motifs is 2. The van der Waals surface area contributed by atoms with Crippen LogP contribution < -0.4 is 5.32 Å². The van der Waals surface area contributed by atoms with Crippen LogP contribution in [0.3, 0.4) is 0 Å². The van der Waals surface area contributed by atoms with Crippen LogP contribution in [0.2, 0.25) is 0 Å². The van der Waals surface area contributed by atoms with Crippen LogP contribution in [-0.2, 0) is 0 Å². The maximum Gasteiger partial charge on any atom is 0.123 e. The predicted octanol–water partition coefficient (Wildman–Crippen LogP) is 4.08. The van der Waals surface area contributed by atoms with Crippen LogP contribution in [0.15, 0.2) is 36.4 Å². The Morgan fingerprint density at radius 1 is 1.21 bits per heavy atom. The fraction of sp³-hybridized carbons (Fsp3) is 0.529. The maximum atomic E-state index is 13.3. The first-order valence-corrected chi connectivity index (χ1v) is 7.33. The van der Waals surface area contributed by atoms with Gasteiger partial charge in [-0.25, -0.2) is 4.39 Å². The van der Waals surface area contributed by atoms with Crippen molar-refractivity contribution in [2.75, 3.05) is 0 Å². The van der Waals surface area contributed by atoms with E-state index in [0.717, 1.165) is 23.3 Å². The molecule has 0 aromatic heterocycles. The lowest BCUT2D eigenvalue weighted by Crippen LogP contribution is -2.37. The molecular weight excluding hydrogens is 237 g/mol. The van der Waals surface area contributed by atoms with E-state index < -0.39 is 0 Å². The molecule has 3 rings (SSSR count). The third-order valence-corrected chi connectivity index (χ3v) is 4.83. The van der Waals surface area contributed by atoms with E-state index in [1.807, 2.05) is 6.07 Å². The van der Waals surface area contributed by atoms with Crippen molar-refractivity contribution in [3.8, 4) is 0 Å². The molecule has 2 bridgehead atoms. The van der Waals surface area contributed by atoms with Crippen LogP contribution in [0.4, 0.5) is 4.39 Å². The summed E-state index contributed by atoms with van der Waals surface area (Å²) in [4.78, 5) is 0. The van der Waals surface area contributed by atoms with Crippen LogP contribution in [0.5, 0.6) is 0 Å². The summed E-state index contributed by atoms with van der Waals surface area (Å²) >= 11 is 0. The largest absolute Gasteiger partial charge is 0.307 e. The summed E-state index contributed by atoms with van der Waals surface area (Å²) in [6.45, 7) is 4.39. The highest BCUT2D eigenvalue weighted by molar-refractivity contribution is 5.20. The molecule has 2 aliphatic carbocycles. The van der Waals surface area contributed by atoms with Gasteiger partial charge in [0.1, 0.15) is 5.82 Å². The van der Waals surface area contributed by atoms with Crippen molar-refractivity contribution >= 4 is 0 Å². The minimum atomic E-state index is -0.151. The number of hydrogen-bond acceptors (Lipinski definition) is 1. The molecule has 102 valence electrons. The minimum Gasteiger partial charge on any atom is -0.307 e.